The van der Waals surface area contributed by atoms with Crippen LogP contribution in [0.4, 0.5) is 5.82 Å². The molecule has 1 aromatic carbocycles. The molecule has 4 rings (SSSR count). The Morgan fingerprint density at radius 1 is 1.33 bits per heavy atom. The highest BCUT2D eigenvalue weighted by Crippen LogP contribution is 2.18. The van der Waals surface area contributed by atoms with E-state index in [1.165, 1.54) is 0 Å². The highest BCUT2D eigenvalue weighted by atomic mass is 16.5. The molecule has 1 saturated heterocycles. The first-order chi connectivity index (χ1) is 13.2. The number of fused-ring (bicyclic) bond motifs is 1. The van der Waals surface area contributed by atoms with Crippen LogP contribution in [-0.2, 0) is 22.5 Å². The van der Waals surface area contributed by atoms with Crippen molar-refractivity contribution in [2.45, 2.75) is 26.0 Å². The molecule has 1 aliphatic rings. The number of amides is 1. The number of para-hydroxylation sites is 1. The molecule has 1 atom stereocenters. The topological polar surface area (TPSA) is 70.2 Å². The Hall–Kier alpha value is -2.86. The number of nitrogens with zero attached hydrogens (tertiary/aromatic N) is 2. The van der Waals surface area contributed by atoms with Gasteiger partial charge in [0.1, 0.15) is 5.82 Å². The first kappa shape index (κ1) is 17.5. The molecule has 0 radical (unpaired) electrons. The first-order valence-electron chi connectivity index (χ1n) is 9.32. The molecule has 1 amide bonds. The van der Waals surface area contributed by atoms with Gasteiger partial charge in [-0.2, -0.15) is 0 Å². The van der Waals surface area contributed by atoms with Crippen LogP contribution >= 0.6 is 0 Å². The van der Waals surface area contributed by atoms with E-state index in [1.54, 1.807) is 0 Å². The number of H-pyrrole nitrogens is 1. The summed E-state index contributed by atoms with van der Waals surface area (Å²) < 4.78 is 5.57. The van der Waals surface area contributed by atoms with Gasteiger partial charge in [-0.05, 0) is 30.2 Å². The minimum Gasteiger partial charge on any atom is -0.375 e. The molecule has 0 aliphatic carbocycles. The second kappa shape index (κ2) is 7.80. The summed E-state index contributed by atoms with van der Waals surface area (Å²) in [5.74, 6) is 0.963. The Morgan fingerprint density at radius 2 is 2.22 bits per heavy atom. The van der Waals surface area contributed by atoms with E-state index in [0.29, 0.717) is 13.0 Å². The van der Waals surface area contributed by atoms with Gasteiger partial charge in [0, 0.05) is 42.9 Å². The number of morpholine rings is 1. The van der Waals surface area contributed by atoms with Crippen molar-refractivity contribution in [3.8, 4) is 0 Å². The molecule has 3 aromatic rings. The van der Waals surface area contributed by atoms with Crippen LogP contribution in [0.3, 0.4) is 0 Å². The molecule has 6 heteroatoms. The second-order valence-corrected chi connectivity index (χ2v) is 6.97. The third-order valence-electron chi connectivity index (χ3n) is 4.89. The smallest absolute Gasteiger partial charge is 0.224 e. The maximum absolute atomic E-state index is 12.3. The summed E-state index contributed by atoms with van der Waals surface area (Å²) in [7, 11) is 0. The van der Waals surface area contributed by atoms with Gasteiger partial charge in [0.2, 0.25) is 5.91 Å². The van der Waals surface area contributed by atoms with Crippen LogP contribution < -0.4 is 10.2 Å². The molecule has 27 heavy (non-hydrogen) atoms. The summed E-state index contributed by atoms with van der Waals surface area (Å²) >= 11 is 0. The molecule has 1 unspecified atom stereocenters. The molecular weight excluding hydrogens is 340 g/mol. The van der Waals surface area contributed by atoms with E-state index in [4.69, 9.17) is 4.74 Å². The average Bonchev–Trinajstić information content (AvgIpc) is 3.10. The number of pyridine rings is 1. The predicted molar refractivity (Wildman–Crippen MR) is 106 cm³/mol. The standard InChI is InChI=1S/C21H24N4O2/c1-15-14-25(8-9-27-15)20-7-6-16(11-23-20)12-24-21(26)10-17-13-22-19-5-3-2-4-18(17)19/h2-7,11,13,15,22H,8-10,12,14H2,1H3,(H,24,26). The van der Waals surface area contributed by atoms with Crippen LogP contribution in [0.2, 0.25) is 0 Å². The van der Waals surface area contributed by atoms with Crippen molar-refractivity contribution in [3.05, 3.63) is 59.9 Å². The van der Waals surface area contributed by atoms with Crippen molar-refractivity contribution >= 4 is 22.6 Å². The van der Waals surface area contributed by atoms with Crippen molar-refractivity contribution in [1.29, 1.82) is 0 Å². The summed E-state index contributed by atoms with van der Waals surface area (Å²) in [4.78, 5) is 22.3. The summed E-state index contributed by atoms with van der Waals surface area (Å²) in [6.45, 7) is 5.00. The van der Waals surface area contributed by atoms with Gasteiger partial charge in [-0.25, -0.2) is 4.98 Å². The van der Waals surface area contributed by atoms with Crippen LogP contribution in [0.1, 0.15) is 18.1 Å². The number of aromatic nitrogens is 2. The number of ether oxygens (including phenoxy) is 1. The quantitative estimate of drug-likeness (QED) is 0.730. The van der Waals surface area contributed by atoms with Crippen LogP contribution in [-0.4, -0.2) is 41.7 Å². The van der Waals surface area contributed by atoms with Crippen LogP contribution in [0.5, 0.6) is 0 Å². The molecule has 2 N–H and O–H groups in total. The van der Waals surface area contributed by atoms with Crippen molar-refractivity contribution in [2.75, 3.05) is 24.6 Å². The second-order valence-electron chi connectivity index (χ2n) is 6.97. The van der Waals surface area contributed by atoms with Crippen LogP contribution in [0, 0.1) is 0 Å². The molecular formula is C21H24N4O2. The van der Waals surface area contributed by atoms with E-state index < -0.39 is 0 Å². The summed E-state index contributed by atoms with van der Waals surface area (Å²) in [5, 5.41) is 4.08. The first-order valence-corrected chi connectivity index (χ1v) is 9.32. The molecule has 0 bridgehead atoms. The maximum Gasteiger partial charge on any atom is 0.224 e. The van der Waals surface area contributed by atoms with Gasteiger partial charge in [0.25, 0.3) is 0 Å². The Bertz CT molecular complexity index is 919. The lowest BCUT2D eigenvalue weighted by Crippen LogP contribution is -2.41. The van der Waals surface area contributed by atoms with Gasteiger partial charge in [-0.15, -0.1) is 0 Å². The normalized spacial score (nSPS) is 17.2. The number of carbonyl (C=O) groups is 1. The lowest BCUT2D eigenvalue weighted by atomic mass is 10.1. The number of anilines is 1. The lowest BCUT2D eigenvalue weighted by Gasteiger charge is -2.32. The SMILES string of the molecule is CC1CN(c2ccc(CNC(=O)Cc3c[nH]c4ccccc34)cn2)CCO1. The molecule has 0 spiro atoms. The molecule has 0 saturated carbocycles. The van der Waals surface area contributed by atoms with Gasteiger partial charge in [-0.1, -0.05) is 24.3 Å². The summed E-state index contributed by atoms with van der Waals surface area (Å²) in [5.41, 5.74) is 3.06. The van der Waals surface area contributed by atoms with E-state index in [0.717, 1.165) is 47.5 Å². The number of rotatable bonds is 5. The number of carbonyl (C=O) groups excluding carboxylic acids is 1. The maximum atomic E-state index is 12.3. The largest absolute Gasteiger partial charge is 0.375 e. The minimum atomic E-state index is 0.00540. The zero-order valence-corrected chi connectivity index (χ0v) is 15.4. The number of benzene rings is 1. The predicted octanol–water partition coefficient (Wildman–Crippen LogP) is 2.65. The zero-order chi connectivity index (χ0) is 18.6. The van der Waals surface area contributed by atoms with E-state index in [2.05, 4.69) is 27.1 Å². The van der Waals surface area contributed by atoms with Crippen LogP contribution in [0.25, 0.3) is 10.9 Å². The van der Waals surface area contributed by atoms with Crippen molar-refractivity contribution in [1.82, 2.24) is 15.3 Å². The van der Waals surface area contributed by atoms with Gasteiger partial charge >= 0.3 is 0 Å². The minimum absolute atomic E-state index is 0.00540. The average molecular weight is 364 g/mol. The monoisotopic (exact) mass is 364 g/mol. The van der Waals surface area contributed by atoms with Gasteiger partial charge in [-0.3, -0.25) is 4.79 Å². The lowest BCUT2D eigenvalue weighted by molar-refractivity contribution is -0.120. The number of hydrogen-bond donors (Lipinski definition) is 2. The number of nitrogens with one attached hydrogen (secondary N) is 2. The van der Waals surface area contributed by atoms with Gasteiger partial charge < -0.3 is 19.9 Å². The zero-order valence-electron chi connectivity index (χ0n) is 15.4. The Labute approximate surface area is 158 Å². The van der Waals surface area contributed by atoms with E-state index in [1.807, 2.05) is 48.8 Å². The Balaban J connectivity index is 1.32. The highest BCUT2D eigenvalue weighted by molar-refractivity contribution is 5.88. The Morgan fingerprint density at radius 3 is 3.04 bits per heavy atom. The van der Waals surface area contributed by atoms with Crippen LogP contribution in [0.15, 0.2) is 48.8 Å². The van der Waals surface area contributed by atoms with Crippen molar-refractivity contribution in [3.63, 3.8) is 0 Å². The molecule has 1 aliphatic heterocycles. The summed E-state index contributed by atoms with van der Waals surface area (Å²) in [6.07, 6.45) is 4.33. The fraction of sp³-hybridized carbons (Fsp3) is 0.333. The third-order valence-corrected chi connectivity index (χ3v) is 4.89. The van der Waals surface area contributed by atoms with Gasteiger partial charge in [0.05, 0.1) is 19.1 Å². The molecule has 3 heterocycles. The molecule has 2 aromatic heterocycles. The van der Waals surface area contributed by atoms with Crippen molar-refractivity contribution in [2.24, 2.45) is 0 Å². The molecule has 140 valence electrons. The molecule has 1 fully saturated rings. The highest BCUT2D eigenvalue weighted by Gasteiger charge is 2.17. The van der Waals surface area contributed by atoms with Gasteiger partial charge in [0.15, 0.2) is 0 Å². The number of aromatic amines is 1. The Kier molecular flexibility index (Phi) is 5.07. The fourth-order valence-corrected chi connectivity index (χ4v) is 3.45. The van der Waals surface area contributed by atoms with E-state index >= 15 is 0 Å². The fourth-order valence-electron chi connectivity index (χ4n) is 3.45. The number of hydrogen-bond acceptors (Lipinski definition) is 4. The van der Waals surface area contributed by atoms with E-state index in [-0.39, 0.29) is 12.0 Å². The van der Waals surface area contributed by atoms with Crippen molar-refractivity contribution < 1.29 is 9.53 Å². The van der Waals surface area contributed by atoms with E-state index in [9.17, 15) is 4.79 Å². The molecule has 6 nitrogen and oxygen atoms in total. The third kappa shape index (κ3) is 4.11. The summed E-state index contributed by atoms with van der Waals surface area (Å²) in [6, 6.07) is 12.0.